The number of carbonyl (C=O) groups excluding carboxylic acids is 1. The molecule has 0 bridgehead atoms. The van der Waals surface area contributed by atoms with Crippen molar-refractivity contribution in [3.63, 3.8) is 0 Å². The van der Waals surface area contributed by atoms with Gasteiger partial charge in [-0.25, -0.2) is 23.4 Å². The molecule has 0 aliphatic carbocycles. The number of fused-ring (bicyclic) bond motifs is 2. The summed E-state index contributed by atoms with van der Waals surface area (Å²) >= 11 is 0. The number of esters is 1. The second-order valence-electron chi connectivity index (χ2n) is 13.5. The van der Waals surface area contributed by atoms with E-state index in [0.29, 0.717) is 18.2 Å². The number of ether oxygens (including phenoxy) is 1. The smallest absolute Gasteiger partial charge is 0.326 e. The standard InChI is InChI=1S/C36H45N7O4S/c1-5-29-33(39-23-40-34(29)43-19-16-25(17-20-43)30-15-13-26-11-8-18-37-32(26)41-30)38-22-31(35(44)47-36(2,3)4)42-48(45,46)28-14-12-24-9-6-7-10-27(24)21-28/h6-7,9-10,12-15,21,23,25,31,42H,5,8,11,16-20,22H2,1-4H3,(H,37,41)(H,38,39,40)/t31-/m0/s1. The van der Waals surface area contributed by atoms with Crippen LogP contribution in [0.2, 0.25) is 0 Å². The van der Waals surface area contributed by atoms with Crippen molar-refractivity contribution in [3.05, 3.63) is 77.7 Å². The van der Waals surface area contributed by atoms with Crippen LogP contribution in [0, 0.1) is 0 Å². The SMILES string of the molecule is CCc1c(NC[C@H](NS(=O)(=O)c2ccc3ccccc3c2)C(=O)OC(C)(C)C)ncnc1N1CCC(c2ccc3c(n2)NCCC3)CC1. The first-order valence-corrected chi connectivity index (χ1v) is 18.3. The Morgan fingerprint density at radius 3 is 2.58 bits per heavy atom. The summed E-state index contributed by atoms with van der Waals surface area (Å²) in [5.74, 6) is 2.14. The Morgan fingerprint density at radius 2 is 1.83 bits per heavy atom. The van der Waals surface area contributed by atoms with Gasteiger partial charge in [-0.15, -0.1) is 0 Å². The largest absolute Gasteiger partial charge is 0.459 e. The van der Waals surface area contributed by atoms with Crippen LogP contribution >= 0.6 is 0 Å². The molecule has 1 fully saturated rings. The van der Waals surface area contributed by atoms with Crippen molar-refractivity contribution in [2.75, 3.05) is 41.7 Å². The fourth-order valence-electron chi connectivity index (χ4n) is 6.45. The van der Waals surface area contributed by atoms with Crippen molar-refractivity contribution >= 4 is 44.2 Å². The molecule has 1 atom stereocenters. The predicted octanol–water partition coefficient (Wildman–Crippen LogP) is 5.43. The van der Waals surface area contributed by atoms with Crippen molar-refractivity contribution in [2.45, 2.75) is 82.3 Å². The molecule has 0 amide bonds. The number of hydrogen-bond donors (Lipinski definition) is 3. The quantitative estimate of drug-likeness (QED) is 0.187. The van der Waals surface area contributed by atoms with Crippen LogP contribution in [0.15, 0.2) is 65.8 Å². The maximum absolute atomic E-state index is 13.6. The highest BCUT2D eigenvalue weighted by Gasteiger charge is 2.31. The van der Waals surface area contributed by atoms with E-state index in [0.717, 1.165) is 79.0 Å². The third kappa shape index (κ3) is 7.71. The number of sulfonamides is 1. The van der Waals surface area contributed by atoms with Crippen LogP contribution in [0.5, 0.6) is 0 Å². The summed E-state index contributed by atoms with van der Waals surface area (Å²) in [7, 11) is -4.07. The van der Waals surface area contributed by atoms with Crippen LogP contribution < -0.4 is 20.3 Å². The first kappa shape index (κ1) is 33.6. The van der Waals surface area contributed by atoms with Crippen LogP contribution in [0.25, 0.3) is 10.8 Å². The van der Waals surface area contributed by atoms with Gasteiger partial charge in [0, 0.05) is 43.4 Å². The third-order valence-electron chi connectivity index (χ3n) is 8.90. The van der Waals surface area contributed by atoms with E-state index in [1.54, 1.807) is 32.9 Å². The van der Waals surface area contributed by atoms with Crippen molar-refractivity contribution < 1.29 is 17.9 Å². The Kier molecular flexibility index (Phi) is 9.84. The molecule has 4 aromatic rings. The van der Waals surface area contributed by atoms with Crippen molar-refractivity contribution in [3.8, 4) is 0 Å². The summed E-state index contributed by atoms with van der Waals surface area (Å²) in [5.41, 5.74) is 2.54. The normalized spacial score (nSPS) is 16.2. The highest BCUT2D eigenvalue weighted by Crippen LogP contribution is 2.33. The summed E-state index contributed by atoms with van der Waals surface area (Å²) in [4.78, 5) is 29.9. The maximum Gasteiger partial charge on any atom is 0.326 e. The second kappa shape index (κ2) is 14.1. The summed E-state index contributed by atoms with van der Waals surface area (Å²) in [6.45, 7) is 9.85. The molecule has 2 aromatic carbocycles. The van der Waals surface area contributed by atoms with Gasteiger partial charge in [-0.1, -0.05) is 43.3 Å². The molecule has 2 aromatic heterocycles. The van der Waals surface area contributed by atoms with Gasteiger partial charge in [-0.05, 0) is 87.4 Å². The van der Waals surface area contributed by atoms with Crippen molar-refractivity contribution in [1.82, 2.24) is 19.7 Å². The first-order chi connectivity index (χ1) is 23.0. The van der Waals surface area contributed by atoms with Gasteiger partial charge < -0.3 is 20.3 Å². The van der Waals surface area contributed by atoms with Crippen LogP contribution in [0.4, 0.5) is 17.5 Å². The fourth-order valence-corrected chi connectivity index (χ4v) is 7.67. The zero-order chi connectivity index (χ0) is 33.9. The summed E-state index contributed by atoms with van der Waals surface area (Å²) in [6, 6.07) is 15.6. The number of nitrogens with one attached hydrogen (secondary N) is 3. The van der Waals surface area contributed by atoms with Gasteiger partial charge in [0.05, 0.1) is 4.90 Å². The number of nitrogens with zero attached hydrogens (tertiary/aromatic N) is 4. The number of piperidine rings is 1. The number of hydrogen-bond acceptors (Lipinski definition) is 10. The Bertz CT molecular complexity index is 1890. The number of benzene rings is 2. The van der Waals surface area contributed by atoms with Crippen molar-refractivity contribution in [2.24, 2.45) is 0 Å². The Morgan fingerprint density at radius 1 is 1.06 bits per heavy atom. The van der Waals surface area contributed by atoms with Gasteiger partial charge in [0.1, 0.15) is 35.4 Å². The molecule has 0 saturated carbocycles. The average Bonchev–Trinajstić information content (AvgIpc) is 3.08. The van der Waals surface area contributed by atoms with Gasteiger partial charge in [0.2, 0.25) is 10.0 Å². The van der Waals surface area contributed by atoms with Crippen LogP contribution in [-0.4, -0.2) is 67.2 Å². The number of anilines is 3. The lowest BCUT2D eigenvalue weighted by Gasteiger charge is -2.34. The second-order valence-corrected chi connectivity index (χ2v) is 15.2. The zero-order valence-electron chi connectivity index (χ0n) is 28.1. The summed E-state index contributed by atoms with van der Waals surface area (Å²) in [6.07, 6.45) is 6.30. The van der Waals surface area contributed by atoms with E-state index in [2.05, 4.69) is 42.4 Å². The number of aryl methyl sites for hydroxylation is 1. The highest BCUT2D eigenvalue weighted by atomic mass is 32.2. The summed E-state index contributed by atoms with van der Waals surface area (Å²) < 4.78 is 35.4. The zero-order valence-corrected chi connectivity index (χ0v) is 28.9. The third-order valence-corrected chi connectivity index (χ3v) is 10.4. The van der Waals surface area contributed by atoms with E-state index >= 15 is 0 Å². The number of pyridine rings is 1. The van der Waals surface area contributed by atoms with Gasteiger partial charge in [0.25, 0.3) is 0 Å². The minimum atomic E-state index is -4.07. The molecule has 0 spiro atoms. The first-order valence-electron chi connectivity index (χ1n) is 16.8. The Balaban J connectivity index is 1.17. The van der Waals surface area contributed by atoms with E-state index in [1.807, 2.05) is 31.2 Å². The molecule has 4 heterocycles. The van der Waals surface area contributed by atoms with E-state index in [9.17, 15) is 13.2 Å². The summed E-state index contributed by atoms with van der Waals surface area (Å²) in [5, 5.41) is 8.41. The van der Waals surface area contributed by atoms with Crippen LogP contribution in [0.1, 0.15) is 69.7 Å². The molecule has 2 aliphatic heterocycles. The molecule has 3 N–H and O–H groups in total. The molecule has 0 unspecified atom stereocenters. The van der Waals surface area contributed by atoms with E-state index < -0.39 is 27.6 Å². The van der Waals surface area contributed by atoms with Crippen molar-refractivity contribution in [1.29, 1.82) is 0 Å². The van der Waals surface area contributed by atoms with Gasteiger partial charge in [-0.2, -0.15) is 4.72 Å². The Hall–Kier alpha value is -4.29. The van der Waals surface area contributed by atoms with Crippen LogP contribution in [-0.2, 0) is 32.4 Å². The molecule has 1 saturated heterocycles. The van der Waals surface area contributed by atoms with Crippen LogP contribution in [0.3, 0.4) is 0 Å². The lowest BCUT2D eigenvalue weighted by atomic mass is 9.92. The van der Waals surface area contributed by atoms with E-state index in [-0.39, 0.29) is 11.4 Å². The van der Waals surface area contributed by atoms with Gasteiger partial charge in [0.15, 0.2) is 0 Å². The molecule has 254 valence electrons. The van der Waals surface area contributed by atoms with E-state index in [1.165, 1.54) is 18.0 Å². The maximum atomic E-state index is 13.6. The van der Waals surface area contributed by atoms with Gasteiger partial charge in [-0.3, -0.25) is 4.79 Å². The molecule has 0 radical (unpaired) electrons. The fraction of sp³-hybridized carbons (Fsp3) is 0.444. The molecule has 6 rings (SSSR count). The minimum absolute atomic E-state index is 0.0642. The molecule has 12 heteroatoms. The monoisotopic (exact) mass is 671 g/mol. The topological polar surface area (TPSA) is 138 Å². The average molecular weight is 672 g/mol. The molecule has 2 aliphatic rings. The number of aromatic nitrogens is 3. The molecule has 48 heavy (non-hydrogen) atoms. The minimum Gasteiger partial charge on any atom is -0.459 e. The number of carbonyl (C=O) groups is 1. The highest BCUT2D eigenvalue weighted by molar-refractivity contribution is 7.89. The molecule has 11 nitrogen and oxygen atoms in total. The molecular formula is C36H45N7O4S. The predicted molar refractivity (Wildman–Crippen MR) is 189 cm³/mol. The lowest BCUT2D eigenvalue weighted by Crippen LogP contribution is -2.48. The molecular weight excluding hydrogens is 627 g/mol. The van der Waals surface area contributed by atoms with E-state index in [4.69, 9.17) is 9.72 Å². The Labute approximate surface area is 283 Å². The van der Waals surface area contributed by atoms with Gasteiger partial charge >= 0.3 is 5.97 Å². The number of rotatable bonds is 10. The lowest BCUT2D eigenvalue weighted by molar-refractivity contribution is -0.156.